The fourth-order valence-corrected chi connectivity index (χ4v) is 3.27. The number of ether oxygens (including phenoxy) is 1. The van der Waals surface area contributed by atoms with E-state index in [1.807, 2.05) is 0 Å². The van der Waals surface area contributed by atoms with Crippen LogP contribution >= 0.6 is 11.6 Å². The quantitative estimate of drug-likeness (QED) is 0.646. The molecule has 1 aromatic rings. The first-order valence-corrected chi connectivity index (χ1v) is 8.60. The second-order valence-electron chi connectivity index (χ2n) is 4.86. The van der Waals surface area contributed by atoms with E-state index in [1.165, 1.54) is 19.2 Å². The Balaban J connectivity index is 3.00. The highest BCUT2D eigenvalue weighted by Gasteiger charge is 2.21. The number of halogens is 1. The molecule has 0 saturated heterocycles. The van der Waals surface area contributed by atoms with E-state index in [2.05, 4.69) is 4.72 Å². The van der Waals surface area contributed by atoms with Crippen LogP contribution in [0.2, 0.25) is 5.02 Å². The number of carbonyl (C=O) groups is 2. The van der Waals surface area contributed by atoms with Crippen molar-refractivity contribution < 1.29 is 27.9 Å². The summed E-state index contributed by atoms with van der Waals surface area (Å²) in [4.78, 5) is 22.2. The summed E-state index contributed by atoms with van der Waals surface area (Å²) in [6.07, 6.45) is -0.874. The van der Waals surface area contributed by atoms with E-state index in [-0.39, 0.29) is 41.0 Å². The van der Waals surface area contributed by atoms with Crippen LogP contribution in [0.3, 0.4) is 0 Å². The molecule has 128 valence electrons. The number of hydrogen-bond donors (Lipinski definition) is 2. The van der Waals surface area contributed by atoms with Gasteiger partial charge in [0.1, 0.15) is 4.90 Å². The number of hydrogen-bond acceptors (Lipinski definition) is 5. The van der Waals surface area contributed by atoms with Gasteiger partial charge in [0.25, 0.3) is 0 Å². The van der Waals surface area contributed by atoms with Crippen molar-refractivity contribution in [3.05, 3.63) is 28.8 Å². The third kappa shape index (κ3) is 5.91. The highest BCUT2D eigenvalue weighted by Crippen LogP contribution is 2.23. The van der Waals surface area contributed by atoms with Gasteiger partial charge < -0.3 is 9.84 Å². The third-order valence-electron chi connectivity index (χ3n) is 3.07. The molecule has 1 atom stereocenters. The first kappa shape index (κ1) is 19.6. The van der Waals surface area contributed by atoms with Crippen LogP contribution in [0.15, 0.2) is 23.1 Å². The Hall–Kier alpha value is -1.48. The van der Waals surface area contributed by atoms with E-state index in [0.29, 0.717) is 0 Å². The van der Waals surface area contributed by atoms with Crippen molar-refractivity contribution in [3.63, 3.8) is 0 Å². The van der Waals surface area contributed by atoms with E-state index >= 15 is 0 Å². The van der Waals surface area contributed by atoms with Gasteiger partial charge in [-0.15, -0.1) is 0 Å². The van der Waals surface area contributed by atoms with Crippen LogP contribution in [0.4, 0.5) is 0 Å². The Bertz CT molecular complexity index is 689. The molecule has 1 rings (SSSR count). The lowest BCUT2D eigenvalue weighted by Gasteiger charge is -2.13. The van der Waals surface area contributed by atoms with Crippen molar-refractivity contribution in [2.45, 2.75) is 30.8 Å². The number of benzene rings is 1. The summed E-state index contributed by atoms with van der Waals surface area (Å²) in [6, 6.07) is 3.81. The van der Waals surface area contributed by atoms with Crippen molar-refractivity contribution >= 4 is 33.4 Å². The molecule has 9 heteroatoms. The third-order valence-corrected chi connectivity index (χ3v) is 4.98. The predicted molar refractivity (Wildman–Crippen MR) is 84.3 cm³/mol. The van der Waals surface area contributed by atoms with Crippen molar-refractivity contribution in [1.82, 2.24) is 4.72 Å². The van der Waals surface area contributed by atoms with Crippen LogP contribution in [0, 0.1) is 0 Å². The van der Waals surface area contributed by atoms with Gasteiger partial charge in [0.15, 0.2) is 5.78 Å². The molecule has 23 heavy (non-hydrogen) atoms. The van der Waals surface area contributed by atoms with Crippen LogP contribution in [-0.4, -0.2) is 45.0 Å². The highest BCUT2D eigenvalue weighted by molar-refractivity contribution is 7.89. The van der Waals surface area contributed by atoms with Gasteiger partial charge in [0, 0.05) is 25.6 Å². The maximum atomic E-state index is 12.3. The number of carboxylic acids is 1. The normalized spacial score (nSPS) is 12.8. The minimum atomic E-state index is -3.91. The zero-order valence-corrected chi connectivity index (χ0v) is 14.3. The van der Waals surface area contributed by atoms with Gasteiger partial charge in [0.05, 0.1) is 17.5 Å². The molecule has 1 unspecified atom stereocenters. The molecule has 0 bridgehead atoms. The average Bonchev–Trinajstić information content (AvgIpc) is 2.50. The second kappa shape index (κ2) is 8.39. The van der Waals surface area contributed by atoms with Crippen LogP contribution < -0.4 is 4.72 Å². The topological polar surface area (TPSA) is 110 Å². The molecule has 2 N–H and O–H groups in total. The van der Waals surface area contributed by atoms with E-state index in [1.54, 1.807) is 6.92 Å². The summed E-state index contributed by atoms with van der Waals surface area (Å²) in [7, 11) is -2.46. The molecule has 0 saturated carbocycles. The van der Waals surface area contributed by atoms with Gasteiger partial charge in [0.2, 0.25) is 10.0 Å². The summed E-state index contributed by atoms with van der Waals surface area (Å²) >= 11 is 5.91. The monoisotopic (exact) mass is 363 g/mol. The van der Waals surface area contributed by atoms with E-state index in [0.717, 1.165) is 6.07 Å². The highest BCUT2D eigenvalue weighted by atomic mass is 35.5. The molecular formula is C14H18ClNO6S. The summed E-state index contributed by atoms with van der Waals surface area (Å²) < 4.78 is 31.8. The molecule has 0 aliphatic carbocycles. The standard InChI is InChI=1S/C14H18ClNO6S/c1-9(22-2)8-16-23(20,21)13-7-10(3-4-11(13)15)12(17)5-6-14(18)19/h3-4,7,9,16H,5-6,8H2,1-2H3,(H,18,19). The zero-order valence-electron chi connectivity index (χ0n) is 12.7. The molecule has 0 aliphatic rings. The average molecular weight is 364 g/mol. The number of aliphatic carboxylic acids is 1. The van der Waals surface area contributed by atoms with Gasteiger partial charge in [-0.25, -0.2) is 13.1 Å². The number of sulfonamides is 1. The van der Waals surface area contributed by atoms with Gasteiger partial charge in [-0.3, -0.25) is 9.59 Å². The maximum Gasteiger partial charge on any atom is 0.303 e. The smallest absolute Gasteiger partial charge is 0.303 e. The Morgan fingerprint density at radius 1 is 1.35 bits per heavy atom. The lowest BCUT2D eigenvalue weighted by Crippen LogP contribution is -2.31. The van der Waals surface area contributed by atoms with Crippen LogP contribution in [-0.2, 0) is 19.6 Å². The Labute approximate surface area is 139 Å². The number of carbonyl (C=O) groups excluding carboxylic acids is 1. The van der Waals surface area contributed by atoms with Crippen molar-refractivity contribution in [2.24, 2.45) is 0 Å². The molecular weight excluding hydrogens is 346 g/mol. The van der Waals surface area contributed by atoms with E-state index < -0.39 is 21.8 Å². The summed E-state index contributed by atoms with van der Waals surface area (Å²) in [5.41, 5.74) is 0.0933. The summed E-state index contributed by atoms with van der Waals surface area (Å²) in [5.74, 6) is -1.57. The molecule has 1 aromatic carbocycles. The largest absolute Gasteiger partial charge is 0.481 e. The zero-order chi connectivity index (χ0) is 17.6. The number of ketones is 1. The van der Waals surface area contributed by atoms with E-state index in [9.17, 15) is 18.0 Å². The van der Waals surface area contributed by atoms with Gasteiger partial charge >= 0.3 is 5.97 Å². The Morgan fingerprint density at radius 2 is 2.00 bits per heavy atom. The van der Waals surface area contributed by atoms with Crippen molar-refractivity contribution in [1.29, 1.82) is 0 Å². The number of Topliss-reactive ketones (excluding diaryl/α,β-unsaturated/α-hetero) is 1. The first-order chi connectivity index (χ1) is 10.7. The van der Waals surface area contributed by atoms with Gasteiger partial charge in [-0.05, 0) is 25.1 Å². The lowest BCUT2D eigenvalue weighted by molar-refractivity contribution is -0.136. The maximum absolute atomic E-state index is 12.3. The molecule has 0 fully saturated rings. The number of nitrogens with one attached hydrogen (secondary N) is 1. The van der Waals surface area contributed by atoms with Crippen LogP contribution in [0.1, 0.15) is 30.1 Å². The molecule has 0 spiro atoms. The van der Waals surface area contributed by atoms with Crippen molar-refractivity contribution in [3.8, 4) is 0 Å². The first-order valence-electron chi connectivity index (χ1n) is 6.74. The SMILES string of the molecule is COC(C)CNS(=O)(=O)c1cc(C(=O)CCC(=O)O)ccc1Cl. The molecule has 0 heterocycles. The van der Waals surface area contributed by atoms with Gasteiger partial charge in [-0.1, -0.05) is 11.6 Å². The number of rotatable bonds is 9. The lowest BCUT2D eigenvalue weighted by atomic mass is 10.1. The fourth-order valence-electron chi connectivity index (χ4n) is 1.64. The van der Waals surface area contributed by atoms with Gasteiger partial charge in [-0.2, -0.15) is 0 Å². The molecule has 0 amide bonds. The van der Waals surface area contributed by atoms with Crippen LogP contribution in [0.5, 0.6) is 0 Å². The number of methoxy groups -OCH3 is 1. The minimum Gasteiger partial charge on any atom is -0.481 e. The Kier molecular flexibility index (Phi) is 7.14. The minimum absolute atomic E-state index is 0.0302. The number of carboxylic acid groups (broad SMARTS) is 1. The second-order valence-corrected chi connectivity index (χ2v) is 7.00. The van der Waals surface area contributed by atoms with Crippen molar-refractivity contribution in [2.75, 3.05) is 13.7 Å². The summed E-state index contributed by atoms with van der Waals surface area (Å²) in [5, 5.41) is 8.56. The van der Waals surface area contributed by atoms with Crippen LogP contribution in [0.25, 0.3) is 0 Å². The molecule has 0 aliphatic heterocycles. The predicted octanol–water partition coefficient (Wildman–Crippen LogP) is 1.70. The van der Waals surface area contributed by atoms with E-state index in [4.69, 9.17) is 21.4 Å². The molecule has 0 radical (unpaired) electrons. The molecule has 0 aromatic heterocycles. The Morgan fingerprint density at radius 3 is 2.57 bits per heavy atom. The summed E-state index contributed by atoms with van der Waals surface area (Å²) in [6.45, 7) is 1.74. The fraction of sp³-hybridized carbons (Fsp3) is 0.429. The molecule has 7 nitrogen and oxygen atoms in total.